The minimum absolute atomic E-state index is 0.0319. The third kappa shape index (κ3) is 2.53. The van der Waals surface area contributed by atoms with Crippen LogP contribution in [0, 0.1) is 9.68 Å². The molecule has 0 aromatic carbocycles. The van der Waals surface area contributed by atoms with E-state index in [9.17, 15) is 4.79 Å². The number of hydrogen-bond donors (Lipinski definition) is 0. The van der Waals surface area contributed by atoms with Crippen LogP contribution in [0.3, 0.4) is 0 Å². The van der Waals surface area contributed by atoms with E-state index >= 15 is 0 Å². The van der Waals surface area contributed by atoms with Gasteiger partial charge in [-0.05, 0) is 53.5 Å². The molecule has 1 amide bonds. The zero-order chi connectivity index (χ0) is 10.8. The molecule has 0 spiro atoms. The first kappa shape index (κ1) is 11.0. The molecule has 15 heavy (non-hydrogen) atoms. The standard InChI is InChI=1S/C11H14INO2/c1-8-3-2-6-13(7-8)11(14)9-4-5-10(12)15-9/h4-5,8H,2-3,6-7H2,1H3. The van der Waals surface area contributed by atoms with Crippen LogP contribution >= 0.6 is 22.6 Å². The number of furan rings is 1. The maximum absolute atomic E-state index is 12.0. The molecule has 1 aliphatic heterocycles. The Hall–Kier alpha value is -0.520. The van der Waals surface area contributed by atoms with Crippen molar-refractivity contribution in [1.82, 2.24) is 4.90 Å². The van der Waals surface area contributed by atoms with E-state index in [2.05, 4.69) is 29.5 Å². The summed E-state index contributed by atoms with van der Waals surface area (Å²) in [5.41, 5.74) is 0. The molecule has 0 radical (unpaired) electrons. The van der Waals surface area contributed by atoms with Gasteiger partial charge in [0.25, 0.3) is 5.91 Å². The van der Waals surface area contributed by atoms with Crippen LogP contribution in [0.4, 0.5) is 0 Å². The van der Waals surface area contributed by atoms with Crippen molar-refractivity contribution in [2.75, 3.05) is 13.1 Å². The predicted molar refractivity (Wildman–Crippen MR) is 65.7 cm³/mol. The fourth-order valence-corrected chi connectivity index (χ4v) is 2.38. The minimum Gasteiger partial charge on any atom is -0.445 e. The van der Waals surface area contributed by atoms with Crippen LogP contribution in [0.25, 0.3) is 0 Å². The van der Waals surface area contributed by atoms with Crippen molar-refractivity contribution in [3.8, 4) is 0 Å². The quantitative estimate of drug-likeness (QED) is 0.746. The lowest BCUT2D eigenvalue weighted by atomic mass is 10.0. The Morgan fingerprint density at radius 2 is 2.40 bits per heavy atom. The van der Waals surface area contributed by atoms with Crippen molar-refractivity contribution < 1.29 is 9.21 Å². The summed E-state index contributed by atoms with van der Waals surface area (Å²) in [5, 5.41) is 0. The second kappa shape index (κ2) is 4.55. The molecular weight excluding hydrogens is 305 g/mol. The summed E-state index contributed by atoms with van der Waals surface area (Å²) in [6.07, 6.45) is 2.32. The smallest absolute Gasteiger partial charge is 0.289 e. The number of piperidine rings is 1. The number of nitrogens with zero attached hydrogens (tertiary/aromatic N) is 1. The molecular formula is C11H14INO2. The number of carbonyl (C=O) groups is 1. The highest BCUT2D eigenvalue weighted by molar-refractivity contribution is 14.1. The molecule has 1 aromatic rings. The predicted octanol–water partition coefficient (Wildman–Crippen LogP) is 2.76. The molecule has 4 heteroatoms. The van der Waals surface area contributed by atoms with Crippen LogP contribution < -0.4 is 0 Å². The molecule has 1 fully saturated rings. The molecule has 2 heterocycles. The average Bonchev–Trinajstić information content (AvgIpc) is 2.64. The lowest BCUT2D eigenvalue weighted by Crippen LogP contribution is -2.38. The van der Waals surface area contributed by atoms with Crippen LogP contribution in [-0.4, -0.2) is 23.9 Å². The first-order valence-electron chi connectivity index (χ1n) is 5.21. The van der Waals surface area contributed by atoms with E-state index in [1.54, 1.807) is 6.07 Å². The van der Waals surface area contributed by atoms with Gasteiger partial charge in [0.05, 0.1) is 0 Å². The van der Waals surface area contributed by atoms with Crippen molar-refractivity contribution in [3.63, 3.8) is 0 Å². The minimum atomic E-state index is 0.0319. The van der Waals surface area contributed by atoms with Gasteiger partial charge in [-0.15, -0.1) is 0 Å². The van der Waals surface area contributed by atoms with Crippen molar-refractivity contribution in [2.24, 2.45) is 5.92 Å². The summed E-state index contributed by atoms with van der Waals surface area (Å²) in [6, 6.07) is 3.57. The molecule has 1 atom stereocenters. The van der Waals surface area contributed by atoms with Gasteiger partial charge in [-0.3, -0.25) is 4.79 Å². The van der Waals surface area contributed by atoms with Crippen molar-refractivity contribution in [2.45, 2.75) is 19.8 Å². The zero-order valence-corrected chi connectivity index (χ0v) is 10.9. The van der Waals surface area contributed by atoms with E-state index in [4.69, 9.17) is 4.42 Å². The largest absolute Gasteiger partial charge is 0.445 e. The monoisotopic (exact) mass is 319 g/mol. The van der Waals surface area contributed by atoms with Gasteiger partial charge < -0.3 is 9.32 Å². The Labute approximate surface area is 103 Å². The summed E-state index contributed by atoms with van der Waals surface area (Å²) < 4.78 is 6.09. The average molecular weight is 319 g/mol. The van der Waals surface area contributed by atoms with Crippen LogP contribution in [0.2, 0.25) is 0 Å². The third-order valence-electron chi connectivity index (χ3n) is 2.73. The Bertz CT molecular complexity index is 361. The van der Waals surface area contributed by atoms with Crippen LogP contribution in [0.1, 0.15) is 30.3 Å². The van der Waals surface area contributed by atoms with Crippen LogP contribution in [0.15, 0.2) is 16.5 Å². The zero-order valence-electron chi connectivity index (χ0n) is 8.70. The Kier molecular flexibility index (Phi) is 3.33. The van der Waals surface area contributed by atoms with Gasteiger partial charge in [-0.2, -0.15) is 0 Å². The lowest BCUT2D eigenvalue weighted by molar-refractivity contribution is 0.0649. The van der Waals surface area contributed by atoms with Gasteiger partial charge >= 0.3 is 0 Å². The van der Waals surface area contributed by atoms with Gasteiger partial charge in [-0.1, -0.05) is 6.92 Å². The highest BCUT2D eigenvalue weighted by atomic mass is 127. The summed E-state index contributed by atoms with van der Waals surface area (Å²) in [6.45, 7) is 3.90. The number of rotatable bonds is 1. The molecule has 0 aliphatic carbocycles. The Balaban J connectivity index is 2.07. The maximum Gasteiger partial charge on any atom is 0.289 e. The molecule has 82 valence electrons. The molecule has 0 bridgehead atoms. The van der Waals surface area contributed by atoms with E-state index in [1.165, 1.54) is 6.42 Å². The summed E-state index contributed by atoms with van der Waals surface area (Å²) in [7, 11) is 0. The normalized spacial score (nSPS) is 21.7. The van der Waals surface area contributed by atoms with Gasteiger partial charge in [0.2, 0.25) is 0 Å². The number of hydrogen-bond acceptors (Lipinski definition) is 2. The first-order chi connectivity index (χ1) is 7.16. The molecule has 1 aliphatic rings. The number of amides is 1. The molecule has 1 aromatic heterocycles. The van der Waals surface area contributed by atoms with E-state index in [0.29, 0.717) is 11.7 Å². The summed E-state index contributed by atoms with van der Waals surface area (Å²) in [5.74, 6) is 1.11. The molecule has 2 rings (SSSR count). The highest BCUT2D eigenvalue weighted by Crippen LogP contribution is 2.19. The maximum atomic E-state index is 12.0. The van der Waals surface area contributed by atoms with Crippen molar-refractivity contribution in [1.29, 1.82) is 0 Å². The molecule has 3 nitrogen and oxygen atoms in total. The van der Waals surface area contributed by atoms with E-state index in [0.717, 1.165) is 23.3 Å². The van der Waals surface area contributed by atoms with Crippen molar-refractivity contribution in [3.05, 3.63) is 21.7 Å². The number of halogens is 1. The molecule has 1 unspecified atom stereocenters. The van der Waals surface area contributed by atoms with Crippen LogP contribution in [0.5, 0.6) is 0 Å². The summed E-state index contributed by atoms with van der Waals surface area (Å²) >= 11 is 2.07. The van der Waals surface area contributed by atoms with E-state index in [1.807, 2.05) is 11.0 Å². The second-order valence-electron chi connectivity index (χ2n) is 4.10. The Morgan fingerprint density at radius 3 is 3.00 bits per heavy atom. The van der Waals surface area contributed by atoms with Gasteiger partial charge in [0.15, 0.2) is 9.53 Å². The van der Waals surface area contributed by atoms with E-state index in [-0.39, 0.29) is 5.91 Å². The highest BCUT2D eigenvalue weighted by Gasteiger charge is 2.23. The lowest BCUT2D eigenvalue weighted by Gasteiger charge is -2.30. The third-order valence-corrected chi connectivity index (χ3v) is 3.31. The number of likely N-dealkylation sites (tertiary alicyclic amines) is 1. The fraction of sp³-hybridized carbons (Fsp3) is 0.545. The molecule has 1 saturated heterocycles. The first-order valence-corrected chi connectivity index (χ1v) is 6.29. The molecule has 0 N–H and O–H groups in total. The molecule has 0 saturated carbocycles. The SMILES string of the molecule is CC1CCCN(C(=O)c2ccc(I)o2)C1. The Morgan fingerprint density at radius 1 is 1.60 bits per heavy atom. The van der Waals surface area contributed by atoms with Crippen LogP contribution in [-0.2, 0) is 0 Å². The van der Waals surface area contributed by atoms with Crippen molar-refractivity contribution >= 4 is 28.5 Å². The second-order valence-corrected chi connectivity index (χ2v) is 5.17. The van der Waals surface area contributed by atoms with Gasteiger partial charge in [0.1, 0.15) is 0 Å². The fourth-order valence-electron chi connectivity index (χ4n) is 1.96. The number of carbonyl (C=O) groups excluding carboxylic acids is 1. The topological polar surface area (TPSA) is 33.5 Å². The van der Waals surface area contributed by atoms with E-state index < -0.39 is 0 Å². The van der Waals surface area contributed by atoms with Gasteiger partial charge in [0, 0.05) is 13.1 Å². The van der Waals surface area contributed by atoms with Gasteiger partial charge in [-0.25, -0.2) is 0 Å². The summed E-state index contributed by atoms with van der Waals surface area (Å²) in [4.78, 5) is 13.9.